The number of hydrogen-bond acceptors (Lipinski definition) is 8. The van der Waals surface area contributed by atoms with E-state index < -0.39 is 21.6 Å². The second-order valence-electron chi connectivity index (χ2n) is 10.3. The van der Waals surface area contributed by atoms with E-state index in [9.17, 15) is 22.0 Å². The molecule has 0 unspecified atom stereocenters. The molecular formula is C28H26F2N6O3S. The number of nitrogens with zero attached hydrogens (tertiary/aromatic N) is 4. The zero-order valence-electron chi connectivity index (χ0n) is 21.6. The summed E-state index contributed by atoms with van der Waals surface area (Å²) in [5, 5.41) is 6.92. The normalized spacial score (nSPS) is 16.3. The summed E-state index contributed by atoms with van der Waals surface area (Å²) in [7, 11) is -3.69. The van der Waals surface area contributed by atoms with Crippen LogP contribution in [-0.2, 0) is 16.4 Å². The molecule has 2 aliphatic rings. The highest BCUT2D eigenvalue weighted by Gasteiger charge is 2.46. The molecule has 2 fully saturated rings. The Kier molecular flexibility index (Phi) is 6.46. The van der Waals surface area contributed by atoms with Gasteiger partial charge in [-0.15, -0.1) is 0 Å². The second-order valence-corrected chi connectivity index (χ2v) is 12.3. The summed E-state index contributed by atoms with van der Waals surface area (Å²) < 4.78 is 52.3. The lowest BCUT2D eigenvalue weighted by Crippen LogP contribution is -2.53. The number of carbonyl (C=O) groups is 1. The predicted molar refractivity (Wildman–Crippen MR) is 146 cm³/mol. The van der Waals surface area contributed by atoms with Crippen molar-refractivity contribution in [3.8, 4) is 11.4 Å². The van der Waals surface area contributed by atoms with Gasteiger partial charge in [0.2, 0.25) is 0 Å². The standard InChI is InChI=1S/C28H26F2N6O3S/c1-40(38,39)21-11-18(10-19(29)12-21)27(37)32-15-20-13-25-17(14-31-20)2-4-23(34-25)24-5-3-22(30)26(35-24)36-9-8-33-28(16-36)6-7-28/h2-5,10-14,33H,6-9,15-16H2,1H3,(H,32,37). The van der Waals surface area contributed by atoms with Crippen LogP contribution in [0.2, 0.25) is 0 Å². The number of rotatable bonds is 6. The summed E-state index contributed by atoms with van der Waals surface area (Å²) in [6.07, 6.45) is 4.73. The molecule has 0 atom stereocenters. The molecule has 1 saturated carbocycles. The predicted octanol–water partition coefficient (Wildman–Crippen LogP) is 3.25. The fraction of sp³-hybridized carbons (Fsp3) is 0.286. The Hall–Kier alpha value is -4.03. The zero-order valence-corrected chi connectivity index (χ0v) is 22.4. The SMILES string of the molecule is CS(=O)(=O)c1cc(F)cc(C(=O)NCc2cc3nc(-c4ccc(F)c(N5CCNC6(CC6)C5)n4)ccc3cn2)c1. The number of pyridine rings is 3. The van der Waals surface area contributed by atoms with Gasteiger partial charge in [-0.3, -0.25) is 9.78 Å². The quantitative estimate of drug-likeness (QED) is 0.367. The van der Waals surface area contributed by atoms with Crippen molar-refractivity contribution >= 4 is 32.5 Å². The highest BCUT2D eigenvalue weighted by atomic mass is 32.2. The fourth-order valence-corrected chi connectivity index (χ4v) is 5.56. The minimum Gasteiger partial charge on any atom is -0.351 e. The lowest BCUT2D eigenvalue weighted by atomic mass is 10.1. The third kappa shape index (κ3) is 5.36. The van der Waals surface area contributed by atoms with Crippen molar-refractivity contribution in [2.75, 3.05) is 30.8 Å². The lowest BCUT2D eigenvalue weighted by Gasteiger charge is -2.35. The number of piperazine rings is 1. The average molecular weight is 565 g/mol. The van der Waals surface area contributed by atoms with Crippen LogP contribution in [0, 0.1) is 11.6 Å². The molecule has 2 N–H and O–H groups in total. The smallest absolute Gasteiger partial charge is 0.251 e. The Morgan fingerprint density at radius 1 is 1.07 bits per heavy atom. The van der Waals surface area contributed by atoms with Crippen LogP contribution in [0.3, 0.4) is 0 Å². The van der Waals surface area contributed by atoms with Gasteiger partial charge >= 0.3 is 0 Å². The first-order chi connectivity index (χ1) is 19.1. The highest BCUT2D eigenvalue weighted by Crippen LogP contribution is 2.39. The Balaban J connectivity index is 1.22. The molecule has 1 saturated heterocycles. The number of aromatic nitrogens is 3. The maximum absolute atomic E-state index is 14.8. The van der Waals surface area contributed by atoms with Gasteiger partial charge in [0.25, 0.3) is 5.91 Å². The number of amides is 1. The molecular weight excluding hydrogens is 538 g/mol. The molecule has 1 aromatic carbocycles. The van der Waals surface area contributed by atoms with Crippen molar-refractivity contribution in [1.82, 2.24) is 25.6 Å². The van der Waals surface area contributed by atoms with Crippen molar-refractivity contribution in [2.24, 2.45) is 0 Å². The first kappa shape index (κ1) is 26.2. The summed E-state index contributed by atoms with van der Waals surface area (Å²) in [6.45, 7) is 2.18. The molecule has 1 aliphatic heterocycles. The van der Waals surface area contributed by atoms with Crippen LogP contribution in [0.15, 0.2) is 59.6 Å². The maximum atomic E-state index is 14.8. The van der Waals surface area contributed by atoms with E-state index in [1.165, 1.54) is 6.07 Å². The van der Waals surface area contributed by atoms with Gasteiger partial charge in [-0.25, -0.2) is 27.2 Å². The minimum absolute atomic E-state index is 0.00902. The number of benzene rings is 1. The van der Waals surface area contributed by atoms with Gasteiger partial charge in [-0.2, -0.15) is 0 Å². The lowest BCUT2D eigenvalue weighted by molar-refractivity contribution is 0.0949. The van der Waals surface area contributed by atoms with Crippen LogP contribution >= 0.6 is 0 Å². The van der Waals surface area contributed by atoms with Gasteiger partial charge in [-0.05, 0) is 61.4 Å². The van der Waals surface area contributed by atoms with Gasteiger partial charge in [0.05, 0.1) is 34.0 Å². The largest absolute Gasteiger partial charge is 0.351 e. The van der Waals surface area contributed by atoms with Crippen molar-refractivity contribution in [1.29, 1.82) is 0 Å². The molecule has 9 nitrogen and oxygen atoms in total. The van der Waals surface area contributed by atoms with Crippen LogP contribution in [0.5, 0.6) is 0 Å². The van der Waals surface area contributed by atoms with E-state index in [2.05, 4.69) is 20.6 Å². The third-order valence-corrected chi connectivity index (χ3v) is 8.33. The summed E-state index contributed by atoms with van der Waals surface area (Å²) in [4.78, 5) is 28.0. The van der Waals surface area contributed by atoms with Gasteiger partial charge in [0.1, 0.15) is 5.82 Å². The van der Waals surface area contributed by atoms with E-state index in [-0.39, 0.29) is 28.4 Å². The molecule has 4 heterocycles. The van der Waals surface area contributed by atoms with Gasteiger partial charge in [-0.1, -0.05) is 0 Å². The van der Waals surface area contributed by atoms with Gasteiger partial charge < -0.3 is 15.5 Å². The summed E-state index contributed by atoms with van der Waals surface area (Å²) in [5.74, 6) is -1.51. The van der Waals surface area contributed by atoms with E-state index >= 15 is 0 Å². The summed E-state index contributed by atoms with van der Waals surface area (Å²) in [6, 6.07) is 11.4. The topological polar surface area (TPSA) is 117 Å². The Morgan fingerprint density at radius 2 is 1.85 bits per heavy atom. The van der Waals surface area contributed by atoms with E-state index in [4.69, 9.17) is 4.98 Å². The van der Waals surface area contributed by atoms with E-state index in [0.717, 1.165) is 55.8 Å². The summed E-state index contributed by atoms with van der Waals surface area (Å²) in [5.41, 5.74) is 2.17. The van der Waals surface area contributed by atoms with Gasteiger partial charge in [0, 0.05) is 48.6 Å². The molecule has 1 spiro atoms. The average Bonchev–Trinajstić information content (AvgIpc) is 3.68. The Labute approximate surface area is 229 Å². The van der Waals surface area contributed by atoms with Crippen LogP contribution < -0.4 is 15.5 Å². The second kappa shape index (κ2) is 9.86. The van der Waals surface area contributed by atoms with Crippen molar-refractivity contribution in [3.63, 3.8) is 0 Å². The molecule has 3 aromatic heterocycles. The van der Waals surface area contributed by atoms with Crippen LogP contribution in [0.4, 0.5) is 14.6 Å². The minimum atomic E-state index is -3.69. The number of anilines is 1. The number of fused-ring (bicyclic) bond motifs is 1. The Bertz CT molecular complexity index is 1760. The third-order valence-electron chi connectivity index (χ3n) is 7.24. The molecule has 0 radical (unpaired) electrons. The van der Waals surface area contributed by atoms with Crippen LogP contribution in [0.25, 0.3) is 22.3 Å². The number of hydrogen-bond donors (Lipinski definition) is 2. The molecule has 206 valence electrons. The van der Waals surface area contributed by atoms with Crippen LogP contribution in [-0.4, -0.2) is 60.7 Å². The molecule has 12 heteroatoms. The molecule has 1 aliphatic carbocycles. The first-order valence-corrected chi connectivity index (χ1v) is 14.7. The van der Waals surface area contributed by atoms with Crippen molar-refractivity contribution in [2.45, 2.75) is 29.8 Å². The maximum Gasteiger partial charge on any atom is 0.251 e. The molecule has 1 amide bonds. The molecule has 4 aromatic rings. The number of nitrogens with one attached hydrogen (secondary N) is 2. The van der Waals surface area contributed by atoms with Crippen LogP contribution in [0.1, 0.15) is 28.9 Å². The van der Waals surface area contributed by atoms with Gasteiger partial charge in [0.15, 0.2) is 21.5 Å². The van der Waals surface area contributed by atoms with Crippen molar-refractivity contribution in [3.05, 3.63) is 77.6 Å². The number of sulfone groups is 1. The number of halogens is 2. The molecule has 6 rings (SSSR count). The fourth-order valence-electron chi connectivity index (χ4n) is 4.90. The monoisotopic (exact) mass is 564 g/mol. The first-order valence-electron chi connectivity index (χ1n) is 12.8. The molecule has 40 heavy (non-hydrogen) atoms. The van der Waals surface area contributed by atoms with E-state index in [1.54, 1.807) is 24.4 Å². The highest BCUT2D eigenvalue weighted by molar-refractivity contribution is 7.90. The zero-order chi connectivity index (χ0) is 28.1. The molecule has 0 bridgehead atoms. The number of carbonyl (C=O) groups excluding carboxylic acids is 1. The van der Waals surface area contributed by atoms with E-state index in [0.29, 0.717) is 35.0 Å². The van der Waals surface area contributed by atoms with Crippen molar-refractivity contribution < 1.29 is 22.0 Å². The van der Waals surface area contributed by atoms with E-state index in [1.807, 2.05) is 11.0 Å². The Morgan fingerprint density at radius 3 is 2.62 bits per heavy atom. The summed E-state index contributed by atoms with van der Waals surface area (Å²) >= 11 is 0.